The second-order valence-electron chi connectivity index (χ2n) is 5.48. The number of nitrogens with one attached hydrogen (secondary N) is 1. The van der Waals surface area contributed by atoms with Crippen molar-refractivity contribution in [2.24, 2.45) is 0 Å². The number of hydrogen-bond acceptors (Lipinski definition) is 4. The second-order valence-corrected chi connectivity index (χ2v) is 7.00. The lowest BCUT2D eigenvalue weighted by Crippen LogP contribution is -2.14. The first-order chi connectivity index (χ1) is 12.1. The van der Waals surface area contributed by atoms with E-state index in [9.17, 15) is 4.79 Å². The van der Waals surface area contributed by atoms with E-state index in [-0.39, 0.29) is 12.3 Å². The van der Waals surface area contributed by atoms with Crippen molar-refractivity contribution in [1.82, 2.24) is 4.98 Å². The Bertz CT molecular complexity index is 879. The number of hydrogen-bond donors (Lipinski definition) is 1. The Kier molecular flexibility index (Phi) is 5.68. The number of benzene rings is 2. The molecular weight excluding hydrogens is 356 g/mol. The molecule has 6 heteroatoms. The van der Waals surface area contributed by atoms with Crippen LogP contribution in [0, 0.1) is 0 Å². The van der Waals surface area contributed by atoms with Crippen molar-refractivity contribution in [3.8, 4) is 5.75 Å². The van der Waals surface area contributed by atoms with Gasteiger partial charge in [0.1, 0.15) is 5.75 Å². The zero-order valence-electron chi connectivity index (χ0n) is 13.7. The zero-order valence-corrected chi connectivity index (χ0v) is 15.2. The summed E-state index contributed by atoms with van der Waals surface area (Å²) in [5, 5.41) is 4.17. The molecular formula is C19H17ClN2O2S. The van der Waals surface area contributed by atoms with E-state index in [2.05, 4.69) is 10.3 Å². The SMILES string of the molecule is COc1cccc(CC(=O)Nc2ncc(Cc3ccccc3Cl)s2)c1. The van der Waals surface area contributed by atoms with Gasteiger partial charge < -0.3 is 10.1 Å². The Balaban J connectivity index is 1.61. The van der Waals surface area contributed by atoms with Gasteiger partial charge in [0.2, 0.25) is 5.91 Å². The molecule has 0 unspecified atom stereocenters. The van der Waals surface area contributed by atoms with Crippen LogP contribution in [0.3, 0.4) is 0 Å². The molecule has 0 aliphatic rings. The molecule has 25 heavy (non-hydrogen) atoms. The van der Waals surface area contributed by atoms with E-state index in [1.807, 2.05) is 48.5 Å². The molecule has 0 saturated carbocycles. The maximum atomic E-state index is 12.2. The minimum absolute atomic E-state index is 0.105. The highest BCUT2D eigenvalue weighted by molar-refractivity contribution is 7.15. The predicted molar refractivity (Wildman–Crippen MR) is 102 cm³/mol. The third kappa shape index (κ3) is 4.81. The largest absolute Gasteiger partial charge is 0.497 e. The quantitative estimate of drug-likeness (QED) is 0.689. The van der Waals surface area contributed by atoms with Gasteiger partial charge in [-0.05, 0) is 29.3 Å². The van der Waals surface area contributed by atoms with Gasteiger partial charge in [-0.25, -0.2) is 4.98 Å². The van der Waals surface area contributed by atoms with Crippen molar-refractivity contribution in [3.63, 3.8) is 0 Å². The molecule has 0 aliphatic carbocycles. The van der Waals surface area contributed by atoms with Crippen LogP contribution in [-0.4, -0.2) is 18.0 Å². The van der Waals surface area contributed by atoms with Crippen LogP contribution in [0.15, 0.2) is 54.7 Å². The maximum absolute atomic E-state index is 12.2. The van der Waals surface area contributed by atoms with E-state index in [0.717, 1.165) is 26.8 Å². The summed E-state index contributed by atoms with van der Waals surface area (Å²) in [6.07, 6.45) is 2.74. The van der Waals surface area contributed by atoms with Crippen LogP contribution in [0.4, 0.5) is 5.13 Å². The summed E-state index contributed by atoms with van der Waals surface area (Å²) in [6, 6.07) is 15.2. The number of methoxy groups -OCH3 is 1. The van der Waals surface area contributed by atoms with Crippen LogP contribution in [0.2, 0.25) is 5.02 Å². The van der Waals surface area contributed by atoms with Crippen LogP contribution in [0.1, 0.15) is 16.0 Å². The van der Waals surface area contributed by atoms with Gasteiger partial charge in [-0.1, -0.05) is 41.9 Å². The summed E-state index contributed by atoms with van der Waals surface area (Å²) in [4.78, 5) is 17.5. The average molecular weight is 373 g/mol. The predicted octanol–water partition coefficient (Wildman–Crippen LogP) is 4.58. The molecule has 0 atom stereocenters. The van der Waals surface area contributed by atoms with Crippen LogP contribution < -0.4 is 10.1 Å². The Labute approximate surface area is 155 Å². The zero-order chi connectivity index (χ0) is 17.6. The summed E-state index contributed by atoms with van der Waals surface area (Å²) >= 11 is 7.64. The molecule has 0 spiro atoms. The summed E-state index contributed by atoms with van der Waals surface area (Å²) in [6.45, 7) is 0. The van der Waals surface area contributed by atoms with Gasteiger partial charge in [-0.2, -0.15) is 0 Å². The third-order valence-electron chi connectivity index (χ3n) is 3.62. The maximum Gasteiger partial charge on any atom is 0.230 e. The Morgan fingerprint density at radius 1 is 1.24 bits per heavy atom. The lowest BCUT2D eigenvalue weighted by molar-refractivity contribution is -0.115. The van der Waals surface area contributed by atoms with Gasteiger partial charge in [0.25, 0.3) is 0 Å². The fraction of sp³-hybridized carbons (Fsp3) is 0.158. The third-order valence-corrected chi connectivity index (χ3v) is 4.90. The van der Waals surface area contributed by atoms with Crippen LogP contribution >= 0.6 is 22.9 Å². The van der Waals surface area contributed by atoms with E-state index in [1.165, 1.54) is 11.3 Å². The highest BCUT2D eigenvalue weighted by atomic mass is 35.5. The summed E-state index contributed by atoms with van der Waals surface area (Å²) in [7, 11) is 1.61. The number of halogens is 1. The number of anilines is 1. The summed E-state index contributed by atoms with van der Waals surface area (Å²) < 4.78 is 5.17. The standard InChI is InChI=1S/C19H17ClN2O2S/c1-24-15-7-4-5-13(9-15)10-18(23)22-19-21-12-16(25-19)11-14-6-2-3-8-17(14)20/h2-9,12H,10-11H2,1H3,(H,21,22,23). The lowest BCUT2D eigenvalue weighted by atomic mass is 10.1. The van der Waals surface area contributed by atoms with E-state index in [1.54, 1.807) is 13.3 Å². The minimum Gasteiger partial charge on any atom is -0.497 e. The van der Waals surface area contributed by atoms with E-state index in [0.29, 0.717) is 11.6 Å². The number of thiazole rings is 1. The Hall–Kier alpha value is -2.37. The van der Waals surface area contributed by atoms with Crippen molar-refractivity contribution in [2.75, 3.05) is 12.4 Å². The Morgan fingerprint density at radius 3 is 2.88 bits per heavy atom. The molecule has 0 radical (unpaired) electrons. The number of nitrogens with zero attached hydrogens (tertiary/aromatic N) is 1. The number of carbonyl (C=O) groups excluding carboxylic acids is 1. The van der Waals surface area contributed by atoms with Gasteiger partial charge >= 0.3 is 0 Å². The van der Waals surface area contributed by atoms with Crippen LogP contribution in [0.25, 0.3) is 0 Å². The van der Waals surface area contributed by atoms with Gasteiger partial charge in [0, 0.05) is 22.5 Å². The monoisotopic (exact) mass is 372 g/mol. The van der Waals surface area contributed by atoms with Gasteiger partial charge in [0.05, 0.1) is 13.5 Å². The fourth-order valence-electron chi connectivity index (χ4n) is 2.41. The highest BCUT2D eigenvalue weighted by Gasteiger charge is 2.09. The van der Waals surface area contributed by atoms with Gasteiger partial charge in [-0.15, -0.1) is 11.3 Å². The van der Waals surface area contributed by atoms with Gasteiger partial charge in [-0.3, -0.25) is 4.79 Å². The molecule has 2 aromatic carbocycles. The first-order valence-electron chi connectivity index (χ1n) is 7.75. The van der Waals surface area contributed by atoms with Crippen LogP contribution in [0.5, 0.6) is 5.75 Å². The van der Waals surface area contributed by atoms with Crippen molar-refractivity contribution < 1.29 is 9.53 Å². The summed E-state index contributed by atoms with van der Waals surface area (Å²) in [5.41, 5.74) is 1.94. The molecule has 1 amide bonds. The van der Waals surface area contributed by atoms with Crippen molar-refractivity contribution in [2.45, 2.75) is 12.8 Å². The molecule has 4 nitrogen and oxygen atoms in total. The Morgan fingerprint density at radius 2 is 2.08 bits per heavy atom. The lowest BCUT2D eigenvalue weighted by Gasteiger charge is -2.04. The van der Waals surface area contributed by atoms with Crippen molar-refractivity contribution >= 4 is 34.0 Å². The minimum atomic E-state index is -0.105. The molecule has 3 aromatic rings. The number of ether oxygens (including phenoxy) is 1. The number of carbonyl (C=O) groups is 1. The summed E-state index contributed by atoms with van der Waals surface area (Å²) in [5.74, 6) is 0.633. The molecule has 128 valence electrons. The molecule has 1 heterocycles. The normalized spacial score (nSPS) is 10.5. The van der Waals surface area contributed by atoms with Gasteiger partial charge in [0.15, 0.2) is 5.13 Å². The molecule has 0 aliphatic heterocycles. The van der Waals surface area contributed by atoms with E-state index < -0.39 is 0 Å². The van der Waals surface area contributed by atoms with E-state index in [4.69, 9.17) is 16.3 Å². The molecule has 1 N–H and O–H groups in total. The average Bonchev–Trinajstić information content (AvgIpc) is 3.04. The van der Waals surface area contributed by atoms with Crippen molar-refractivity contribution in [3.05, 3.63) is 75.8 Å². The fourth-order valence-corrected chi connectivity index (χ4v) is 3.46. The smallest absolute Gasteiger partial charge is 0.230 e. The first-order valence-corrected chi connectivity index (χ1v) is 8.94. The molecule has 3 rings (SSSR count). The molecule has 0 saturated heterocycles. The van der Waals surface area contributed by atoms with E-state index >= 15 is 0 Å². The topological polar surface area (TPSA) is 51.2 Å². The van der Waals surface area contributed by atoms with Crippen molar-refractivity contribution in [1.29, 1.82) is 0 Å². The number of amides is 1. The number of rotatable bonds is 6. The first kappa shape index (κ1) is 17.5. The second kappa shape index (κ2) is 8.14. The number of aromatic nitrogens is 1. The molecule has 0 bridgehead atoms. The molecule has 0 fully saturated rings. The highest BCUT2D eigenvalue weighted by Crippen LogP contribution is 2.24. The van der Waals surface area contributed by atoms with Crippen LogP contribution in [-0.2, 0) is 17.6 Å². The molecule has 1 aromatic heterocycles.